The monoisotopic (exact) mass is 422 g/mol. The molecule has 0 aliphatic carbocycles. The molecule has 0 aliphatic rings. The van der Waals surface area contributed by atoms with Crippen molar-refractivity contribution in [2.24, 2.45) is 0 Å². The van der Waals surface area contributed by atoms with Crippen molar-refractivity contribution in [3.05, 3.63) is 94.8 Å². The molecule has 158 valence electrons. The van der Waals surface area contributed by atoms with E-state index in [0.29, 0.717) is 13.0 Å². The SMILES string of the molecule is CC(C)(C)[Si](OCC[C@H](C[N+](=O)[O-])c1ccc[nH]1)(c1ccccc1)c1ccccc1. The summed E-state index contributed by atoms with van der Waals surface area (Å²) in [5, 5.41) is 13.6. The van der Waals surface area contributed by atoms with Gasteiger partial charge in [-0.15, -0.1) is 0 Å². The van der Waals surface area contributed by atoms with Crippen molar-refractivity contribution in [2.75, 3.05) is 13.2 Å². The van der Waals surface area contributed by atoms with Gasteiger partial charge in [-0.25, -0.2) is 0 Å². The normalized spacial score (nSPS) is 13.2. The smallest absolute Gasteiger partial charge is 0.261 e. The molecule has 1 N–H and O–H groups in total. The zero-order chi connectivity index (χ0) is 21.6. The molecule has 30 heavy (non-hydrogen) atoms. The summed E-state index contributed by atoms with van der Waals surface area (Å²) in [7, 11) is -2.62. The van der Waals surface area contributed by atoms with Gasteiger partial charge in [0.2, 0.25) is 6.54 Å². The second kappa shape index (κ2) is 9.41. The van der Waals surface area contributed by atoms with Crippen LogP contribution in [0.3, 0.4) is 0 Å². The molecule has 1 aromatic heterocycles. The van der Waals surface area contributed by atoms with Crippen LogP contribution in [0, 0.1) is 10.1 Å². The van der Waals surface area contributed by atoms with Gasteiger partial charge in [0.1, 0.15) is 0 Å². The molecule has 0 saturated heterocycles. The highest BCUT2D eigenvalue weighted by Crippen LogP contribution is 2.37. The quantitative estimate of drug-likeness (QED) is 0.317. The minimum Gasteiger partial charge on any atom is -0.407 e. The molecule has 3 rings (SSSR count). The first-order chi connectivity index (χ1) is 14.3. The lowest BCUT2D eigenvalue weighted by Crippen LogP contribution is -2.66. The second-order valence-corrected chi connectivity index (χ2v) is 12.9. The van der Waals surface area contributed by atoms with E-state index in [0.717, 1.165) is 5.69 Å². The van der Waals surface area contributed by atoms with Crippen molar-refractivity contribution >= 4 is 18.7 Å². The topological polar surface area (TPSA) is 68.2 Å². The summed E-state index contributed by atoms with van der Waals surface area (Å²) in [6.07, 6.45) is 2.40. The van der Waals surface area contributed by atoms with E-state index in [2.05, 4.69) is 74.3 Å². The number of aromatic nitrogens is 1. The number of H-pyrrole nitrogens is 1. The Balaban J connectivity index is 1.94. The van der Waals surface area contributed by atoms with Gasteiger partial charge in [0.05, 0.1) is 5.92 Å². The minimum atomic E-state index is -2.62. The van der Waals surface area contributed by atoms with Crippen LogP contribution in [0.15, 0.2) is 79.0 Å². The molecule has 0 bridgehead atoms. The zero-order valence-electron chi connectivity index (χ0n) is 17.9. The third kappa shape index (κ3) is 4.71. The average molecular weight is 423 g/mol. The third-order valence-corrected chi connectivity index (χ3v) is 10.7. The number of benzene rings is 2. The molecule has 6 heteroatoms. The lowest BCUT2D eigenvalue weighted by Gasteiger charge is -2.43. The number of nitrogens with one attached hydrogen (secondary N) is 1. The number of rotatable bonds is 9. The van der Waals surface area contributed by atoms with Gasteiger partial charge in [0.25, 0.3) is 8.32 Å². The summed E-state index contributed by atoms with van der Waals surface area (Å²) in [5.41, 5.74) is 0.887. The molecule has 2 aromatic carbocycles. The number of aromatic amines is 1. The molecule has 1 heterocycles. The molecule has 0 amide bonds. The first-order valence-corrected chi connectivity index (χ1v) is 12.3. The van der Waals surface area contributed by atoms with E-state index < -0.39 is 8.32 Å². The van der Waals surface area contributed by atoms with Gasteiger partial charge in [0, 0.05) is 23.4 Å². The highest BCUT2D eigenvalue weighted by Gasteiger charge is 2.50. The van der Waals surface area contributed by atoms with Crippen LogP contribution >= 0.6 is 0 Å². The van der Waals surface area contributed by atoms with E-state index in [1.54, 1.807) is 0 Å². The van der Waals surface area contributed by atoms with E-state index in [4.69, 9.17) is 4.43 Å². The lowest BCUT2D eigenvalue weighted by atomic mass is 10.0. The second-order valence-electron chi connectivity index (χ2n) is 8.64. The van der Waals surface area contributed by atoms with Crippen LogP contribution in [0.4, 0.5) is 0 Å². The molecule has 1 atom stereocenters. The van der Waals surface area contributed by atoms with Gasteiger partial charge in [-0.3, -0.25) is 10.1 Å². The molecule has 0 unspecified atom stereocenters. The van der Waals surface area contributed by atoms with Gasteiger partial charge in [-0.05, 0) is 34.0 Å². The number of hydrogen-bond acceptors (Lipinski definition) is 3. The fourth-order valence-electron chi connectivity index (χ4n) is 4.24. The maximum Gasteiger partial charge on any atom is 0.261 e. The Morgan fingerprint density at radius 1 is 0.967 bits per heavy atom. The molecule has 0 spiro atoms. The van der Waals surface area contributed by atoms with Gasteiger partial charge >= 0.3 is 0 Å². The van der Waals surface area contributed by atoms with Crippen LogP contribution in [0.1, 0.15) is 38.8 Å². The Labute approximate surface area is 179 Å². The van der Waals surface area contributed by atoms with E-state index in [-0.39, 0.29) is 22.4 Å². The van der Waals surface area contributed by atoms with E-state index in [1.807, 2.05) is 30.5 Å². The van der Waals surface area contributed by atoms with Crippen LogP contribution < -0.4 is 10.4 Å². The molecule has 0 saturated carbocycles. The number of nitrogens with zero attached hydrogens (tertiary/aromatic N) is 1. The lowest BCUT2D eigenvalue weighted by molar-refractivity contribution is -0.483. The maximum absolute atomic E-state index is 11.2. The number of nitro groups is 1. The minimum absolute atomic E-state index is 0.107. The van der Waals surface area contributed by atoms with Crippen LogP contribution in [-0.4, -0.2) is 31.4 Å². The molecule has 3 aromatic rings. The largest absolute Gasteiger partial charge is 0.407 e. The summed E-state index contributed by atoms with van der Waals surface area (Å²) >= 11 is 0. The summed E-state index contributed by atoms with van der Waals surface area (Å²) in [5.74, 6) is -0.201. The van der Waals surface area contributed by atoms with E-state index >= 15 is 0 Å². The summed E-state index contributed by atoms with van der Waals surface area (Å²) in [4.78, 5) is 14.1. The maximum atomic E-state index is 11.2. The Morgan fingerprint density at radius 3 is 1.97 bits per heavy atom. The van der Waals surface area contributed by atoms with Crippen molar-refractivity contribution in [3.63, 3.8) is 0 Å². The third-order valence-electron chi connectivity index (χ3n) is 5.63. The summed E-state index contributed by atoms with van der Waals surface area (Å²) < 4.78 is 6.88. The molecule has 0 aliphatic heterocycles. The standard InChI is InChI=1S/C24H30N2O3Si/c1-24(2,3)30(21-11-6-4-7-12-21,22-13-8-5-9-14-22)29-18-16-20(19-26(27)28)23-15-10-17-25-23/h4-15,17,20,25H,16,18-19H2,1-3H3/t20-/m1/s1. The predicted octanol–water partition coefficient (Wildman–Crippen LogP) is 4.34. The van der Waals surface area contributed by atoms with Crippen LogP contribution in [0.5, 0.6) is 0 Å². The van der Waals surface area contributed by atoms with Gasteiger partial charge in [0.15, 0.2) is 0 Å². The fraction of sp³-hybridized carbons (Fsp3) is 0.333. The van der Waals surface area contributed by atoms with Crippen LogP contribution in [0.25, 0.3) is 0 Å². The van der Waals surface area contributed by atoms with Crippen LogP contribution in [0.2, 0.25) is 5.04 Å². The Bertz CT molecular complexity index is 883. The Kier molecular flexibility index (Phi) is 6.90. The molecular weight excluding hydrogens is 392 g/mol. The average Bonchev–Trinajstić information content (AvgIpc) is 3.25. The van der Waals surface area contributed by atoms with Crippen molar-refractivity contribution in [1.29, 1.82) is 0 Å². The zero-order valence-corrected chi connectivity index (χ0v) is 18.9. The van der Waals surface area contributed by atoms with Gasteiger partial charge in [-0.2, -0.15) is 0 Å². The van der Waals surface area contributed by atoms with Gasteiger partial charge in [-0.1, -0.05) is 81.4 Å². The van der Waals surface area contributed by atoms with Gasteiger partial charge < -0.3 is 9.41 Å². The van der Waals surface area contributed by atoms with Crippen molar-refractivity contribution in [3.8, 4) is 0 Å². The Hall–Kier alpha value is -2.70. The molecule has 0 fully saturated rings. The molecular formula is C24H30N2O3Si. The predicted molar refractivity (Wildman–Crippen MR) is 124 cm³/mol. The van der Waals surface area contributed by atoms with Crippen LogP contribution in [-0.2, 0) is 4.43 Å². The first kappa shape index (κ1) is 22.0. The summed E-state index contributed by atoms with van der Waals surface area (Å²) in [6.45, 7) is 7.06. The molecule has 0 radical (unpaired) electrons. The summed E-state index contributed by atoms with van der Waals surface area (Å²) in [6, 6.07) is 24.7. The van der Waals surface area contributed by atoms with Crippen molar-refractivity contribution in [2.45, 2.75) is 38.1 Å². The number of hydrogen-bond donors (Lipinski definition) is 1. The fourth-order valence-corrected chi connectivity index (χ4v) is 8.82. The highest BCUT2D eigenvalue weighted by atomic mass is 28.4. The van der Waals surface area contributed by atoms with Crippen molar-refractivity contribution < 1.29 is 9.35 Å². The molecule has 5 nitrogen and oxygen atoms in total. The first-order valence-electron chi connectivity index (χ1n) is 10.3. The van der Waals surface area contributed by atoms with E-state index in [9.17, 15) is 10.1 Å². The Morgan fingerprint density at radius 2 is 1.53 bits per heavy atom. The highest BCUT2D eigenvalue weighted by molar-refractivity contribution is 6.99. The van der Waals surface area contributed by atoms with E-state index in [1.165, 1.54) is 10.4 Å². The van der Waals surface area contributed by atoms with Crippen molar-refractivity contribution in [1.82, 2.24) is 4.98 Å².